The molecule has 1 heterocycles. The number of hydrazone groups is 1. The summed E-state index contributed by atoms with van der Waals surface area (Å²) in [6.45, 7) is 1.51. The fraction of sp³-hybridized carbons (Fsp3) is 0.263. The van der Waals surface area contributed by atoms with E-state index in [1.54, 1.807) is 19.2 Å². The van der Waals surface area contributed by atoms with E-state index in [0.29, 0.717) is 0 Å². The van der Waals surface area contributed by atoms with Crippen LogP contribution < -0.4 is 4.74 Å². The minimum Gasteiger partial charge on any atom is -0.497 e. The standard InChI is InChI=1S/C19H17FN2O2/c1-11(23)22-19(12-3-6-14(20)7-4-12)17-9-13-5-8-15(24-2)10-16(13)18(17)21-22/h3-8,10,17,19H,9H2,1-2H3/t17-,19+/m1/s1. The van der Waals surface area contributed by atoms with Crippen molar-refractivity contribution in [2.75, 3.05) is 7.11 Å². The van der Waals surface area contributed by atoms with Crippen LogP contribution in [-0.4, -0.2) is 23.7 Å². The van der Waals surface area contributed by atoms with E-state index in [4.69, 9.17) is 4.74 Å². The van der Waals surface area contributed by atoms with Gasteiger partial charge in [-0.25, -0.2) is 9.40 Å². The van der Waals surface area contributed by atoms with Crippen LogP contribution in [0.2, 0.25) is 0 Å². The number of amides is 1. The van der Waals surface area contributed by atoms with Gasteiger partial charge in [0, 0.05) is 18.4 Å². The van der Waals surface area contributed by atoms with Gasteiger partial charge < -0.3 is 4.74 Å². The fourth-order valence-electron chi connectivity index (χ4n) is 3.67. The molecule has 2 aliphatic rings. The Morgan fingerprint density at radius 3 is 2.67 bits per heavy atom. The van der Waals surface area contributed by atoms with Crippen LogP contribution in [0, 0.1) is 11.7 Å². The van der Waals surface area contributed by atoms with Crippen LogP contribution in [0.5, 0.6) is 5.75 Å². The molecule has 5 heteroatoms. The Hall–Kier alpha value is -2.69. The molecule has 0 radical (unpaired) electrons. The van der Waals surface area contributed by atoms with Crippen molar-refractivity contribution >= 4 is 11.6 Å². The lowest BCUT2D eigenvalue weighted by atomic mass is 9.90. The smallest absolute Gasteiger partial charge is 0.240 e. The highest BCUT2D eigenvalue weighted by molar-refractivity contribution is 6.08. The van der Waals surface area contributed by atoms with Crippen LogP contribution in [0.4, 0.5) is 4.39 Å². The first-order valence-electron chi connectivity index (χ1n) is 7.89. The van der Waals surface area contributed by atoms with E-state index in [-0.39, 0.29) is 23.7 Å². The van der Waals surface area contributed by atoms with Crippen molar-refractivity contribution in [2.45, 2.75) is 19.4 Å². The molecular formula is C19H17FN2O2. The third-order valence-corrected chi connectivity index (χ3v) is 4.78. The second-order valence-electron chi connectivity index (χ2n) is 6.18. The Morgan fingerprint density at radius 2 is 2.00 bits per heavy atom. The highest BCUT2D eigenvalue weighted by Gasteiger charge is 2.45. The van der Waals surface area contributed by atoms with Crippen molar-refractivity contribution in [1.82, 2.24) is 5.01 Å². The summed E-state index contributed by atoms with van der Waals surface area (Å²) in [6.07, 6.45) is 0.810. The molecular weight excluding hydrogens is 307 g/mol. The minimum absolute atomic E-state index is 0.0847. The van der Waals surface area contributed by atoms with Crippen molar-refractivity contribution in [3.05, 3.63) is 65.0 Å². The second kappa shape index (κ2) is 5.44. The van der Waals surface area contributed by atoms with Crippen molar-refractivity contribution in [2.24, 2.45) is 11.0 Å². The van der Waals surface area contributed by atoms with Crippen LogP contribution in [0.25, 0.3) is 0 Å². The normalized spacial score (nSPS) is 21.3. The first-order valence-corrected chi connectivity index (χ1v) is 7.89. The molecule has 24 heavy (non-hydrogen) atoms. The predicted molar refractivity (Wildman–Crippen MR) is 88.4 cm³/mol. The molecule has 1 aliphatic heterocycles. The zero-order valence-electron chi connectivity index (χ0n) is 13.5. The highest BCUT2D eigenvalue weighted by Crippen LogP contribution is 2.44. The van der Waals surface area contributed by atoms with Gasteiger partial charge in [-0.15, -0.1) is 0 Å². The van der Waals surface area contributed by atoms with Gasteiger partial charge in [0.1, 0.15) is 11.6 Å². The van der Waals surface area contributed by atoms with E-state index in [2.05, 4.69) is 11.2 Å². The van der Waals surface area contributed by atoms with Crippen LogP contribution in [0.15, 0.2) is 47.6 Å². The molecule has 0 bridgehead atoms. The van der Waals surface area contributed by atoms with E-state index in [9.17, 15) is 9.18 Å². The van der Waals surface area contributed by atoms with Crippen LogP contribution >= 0.6 is 0 Å². The van der Waals surface area contributed by atoms with Gasteiger partial charge in [0.25, 0.3) is 0 Å². The summed E-state index contributed by atoms with van der Waals surface area (Å²) >= 11 is 0. The largest absolute Gasteiger partial charge is 0.497 e. The molecule has 0 fully saturated rings. The minimum atomic E-state index is -0.285. The Morgan fingerprint density at radius 1 is 1.25 bits per heavy atom. The topological polar surface area (TPSA) is 41.9 Å². The van der Waals surface area contributed by atoms with Crippen molar-refractivity contribution in [3.63, 3.8) is 0 Å². The number of carbonyl (C=O) groups is 1. The Kier molecular flexibility index (Phi) is 3.37. The maximum absolute atomic E-state index is 13.3. The molecule has 0 saturated carbocycles. The SMILES string of the molecule is COc1ccc2c(c1)C1=NN(C(C)=O)[C@@H](c3ccc(F)cc3)[C@@H]1C2. The lowest BCUT2D eigenvalue weighted by Gasteiger charge is -2.25. The summed E-state index contributed by atoms with van der Waals surface area (Å²) in [5, 5.41) is 6.12. The highest BCUT2D eigenvalue weighted by atomic mass is 19.1. The first-order chi connectivity index (χ1) is 11.6. The van der Waals surface area contributed by atoms with Gasteiger partial charge in [-0.2, -0.15) is 5.10 Å². The maximum Gasteiger partial charge on any atom is 0.240 e. The van der Waals surface area contributed by atoms with E-state index >= 15 is 0 Å². The summed E-state index contributed by atoms with van der Waals surface area (Å²) in [7, 11) is 1.63. The summed E-state index contributed by atoms with van der Waals surface area (Å²) < 4.78 is 18.6. The molecule has 0 saturated heterocycles. The number of rotatable bonds is 2. The Balaban J connectivity index is 1.79. The number of hydrogen-bond donors (Lipinski definition) is 0. The number of halogens is 1. The van der Waals surface area contributed by atoms with Gasteiger partial charge in [-0.05, 0) is 41.8 Å². The first kappa shape index (κ1) is 14.9. The zero-order valence-corrected chi connectivity index (χ0v) is 13.5. The molecule has 0 aromatic heterocycles. The van der Waals surface area contributed by atoms with Gasteiger partial charge in [-0.1, -0.05) is 18.2 Å². The fourth-order valence-corrected chi connectivity index (χ4v) is 3.67. The van der Waals surface area contributed by atoms with Gasteiger partial charge in [0.15, 0.2) is 0 Å². The summed E-state index contributed by atoms with van der Waals surface area (Å²) in [6, 6.07) is 12.1. The Labute approximate surface area is 139 Å². The molecule has 4 rings (SSSR count). The number of hydrogen-bond acceptors (Lipinski definition) is 3. The number of ether oxygens (including phenoxy) is 1. The molecule has 2 aromatic carbocycles. The second-order valence-corrected chi connectivity index (χ2v) is 6.18. The molecule has 1 amide bonds. The molecule has 0 spiro atoms. The van der Waals surface area contributed by atoms with E-state index < -0.39 is 0 Å². The molecule has 4 nitrogen and oxygen atoms in total. The van der Waals surface area contributed by atoms with E-state index in [1.165, 1.54) is 29.6 Å². The molecule has 0 N–H and O–H groups in total. The van der Waals surface area contributed by atoms with Crippen molar-refractivity contribution in [3.8, 4) is 5.75 Å². The molecule has 1 aliphatic carbocycles. The van der Waals surface area contributed by atoms with Crippen molar-refractivity contribution in [1.29, 1.82) is 0 Å². The van der Waals surface area contributed by atoms with Crippen LogP contribution in [-0.2, 0) is 11.2 Å². The lowest BCUT2D eigenvalue weighted by Crippen LogP contribution is -2.28. The molecule has 2 atom stereocenters. The summed E-state index contributed by atoms with van der Waals surface area (Å²) in [5.74, 6) is 0.459. The predicted octanol–water partition coefficient (Wildman–Crippen LogP) is 3.31. The third-order valence-electron chi connectivity index (χ3n) is 4.78. The van der Waals surface area contributed by atoms with Crippen molar-refractivity contribution < 1.29 is 13.9 Å². The summed E-state index contributed by atoms with van der Waals surface area (Å²) in [5.41, 5.74) is 4.05. The van der Waals surface area contributed by atoms with Crippen LogP contribution in [0.3, 0.4) is 0 Å². The number of nitrogens with zero attached hydrogens (tertiary/aromatic N) is 2. The monoisotopic (exact) mass is 324 g/mol. The van der Waals surface area contributed by atoms with E-state index in [1.807, 2.05) is 12.1 Å². The summed E-state index contributed by atoms with van der Waals surface area (Å²) in [4.78, 5) is 12.1. The average Bonchev–Trinajstić information content (AvgIpc) is 3.11. The van der Waals surface area contributed by atoms with E-state index in [0.717, 1.165) is 29.0 Å². The third kappa shape index (κ3) is 2.19. The average molecular weight is 324 g/mol. The Bertz CT molecular complexity index is 845. The molecule has 122 valence electrons. The van der Waals surface area contributed by atoms with Gasteiger partial charge in [0.05, 0.1) is 18.9 Å². The lowest BCUT2D eigenvalue weighted by molar-refractivity contribution is -0.131. The molecule has 0 unspecified atom stereocenters. The van der Waals surface area contributed by atoms with Gasteiger partial charge >= 0.3 is 0 Å². The number of fused-ring (bicyclic) bond motifs is 3. The number of methoxy groups -OCH3 is 1. The maximum atomic E-state index is 13.3. The van der Waals surface area contributed by atoms with Crippen LogP contribution in [0.1, 0.15) is 29.7 Å². The quantitative estimate of drug-likeness (QED) is 0.850. The zero-order chi connectivity index (χ0) is 16.8. The van der Waals surface area contributed by atoms with Gasteiger partial charge in [0.2, 0.25) is 5.91 Å². The number of benzene rings is 2. The number of carbonyl (C=O) groups excluding carboxylic acids is 1. The molecule has 2 aromatic rings. The van der Waals surface area contributed by atoms with Gasteiger partial charge in [-0.3, -0.25) is 4.79 Å².